The van der Waals surface area contributed by atoms with Crippen molar-refractivity contribution in [3.8, 4) is 11.4 Å². The van der Waals surface area contributed by atoms with Gasteiger partial charge in [0.05, 0.1) is 11.3 Å². The van der Waals surface area contributed by atoms with Crippen molar-refractivity contribution in [3.63, 3.8) is 0 Å². The molecule has 1 aliphatic rings. The highest BCUT2D eigenvalue weighted by atomic mass is 127. The number of nitrogens with two attached hydrogens (primary N) is 1. The number of hydrogen-bond donors (Lipinski definition) is 1. The third-order valence-electron chi connectivity index (χ3n) is 4.96. The third kappa shape index (κ3) is 2.62. The molecule has 0 spiro atoms. The molecule has 28 heavy (non-hydrogen) atoms. The van der Waals surface area contributed by atoms with E-state index in [4.69, 9.17) is 10.7 Å². The fraction of sp³-hybridized carbons (Fsp3) is 0.278. The molecule has 2 heterocycles. The van der Waals surface area contributed by atoms with Crippen molar-refractivity contribution < 1.29 is 9.23 Å². The van der Waals surface area contributed by atoms with Gasteiger partial charge in [-0.25, -0.2) is 13.8 Å². The Kier molecular flexibility index (Phi) is 4.42. The predicted molar refractivity (Wildman–Crippen MR) is 110 cm³/mol. The Morgan fingerprint density at radius 2 is 1.89 bits per heavy atom. The standard InChI is InChI=1S/C18H16FIN4O4/c1-8-14(28-21)13-15(22(2)16(8)25)24(12-6-3-9(20)7-11(12)19)18(27)23(17(13)26)10-4-5-10/h3,6-7,10H,4-5,21H2,1-2H3. The van der Waals surface area contributed by atoms with Gasteiger partial charge in [0.1, 0.15) is 16.9 Å². The highest BCUT2D eigenvalue weighted by molar-refractivity contribution is 14.1. The lowest BCUT2D eigenvalue weighted by molar-refractivity contribution is 0.334. The number of rotatable bonds is 3. The predicted octanol–water partition coefficient (Wildman–Crippen LogP) is 1.49. The Hall–Kier alpha value is -2.47. The summed E-state index contributed by atoms with van der Waals surface area (Å²) >= 11 is 1.95. The van der Waals surface area contributed by atoms with Gasteiger partial charge in [-0.05, 0) is 60.6 Å². The van der Waals surface area contributed by atoms with Gasteiger partial charge in [-0.15, -0.1) is 0 Å². The number of halogens is 2. The molecule has 0 aliphatic heterocycles. The zero-order valence-electron chi connectivity index (χ0n) is 15.0. The molecular formula is C18H16FIN4O4. The van der Waals surface area contributed by atoms with Crippen LogP contribution in [-0.4, -0.2) is 13.7 Å². The summed E-state index contributed by atoms with van der Waals surface area (Å²) in [6.45, 7) is 1.48. The van der Waals surface area contributed by atoms with Crippen molar-refractivity contribution >= 4 is 33.6 Å². The highest BCUT2D eigenvalue weighted by Crippen LogP contribution is 2.34. The number of pyridine rings is 1. The molecule has 2 aromatic heterocycles. The molecule has 1 fully saturated rings. The minimum Gasteiger partial charge on any atom is -0.410 e. The second kappa shape index (κ2) is 6.55. The normalized spacial score (nSPS) is 13.9. The molecule has 10 heteroatoms. The van der Waals surface area contributed by atoms with Crippen LogP contribution in [0, 0.1) is 16.3 Å². The van der Waals surface area contributed by atoms with Crippen molar-refractivity contribution in [1.82, 2.24) is 13.7 Å². The summed E-state index contributed by atoms with van der Waals surface area (Å²) in [6.07, 6.45) is 1.33. The maximum absolute atomic E-state index is 14.8. The number of aromatic nitrogens is 3. The second-order valence-electron chi connectivity index (χ2n) is 6.75. The number of aryl methyl sites for hydroxylation is 1. The van der Waals surface area contributed by atoms with Crippen molar-refractivity contribution in [2.75, 3.05) is 0 Å². The van der Waals surface area contributed by atoms with E-state index in [9.17, 15) is 18.8 Å². The molecule has 1 aliphatic carbocycles. The van der Waals surface area contributed by atoms with E-state index in [-0.39, 0.29) is 34.1 Å². The molecule has 8 nitrogen and oxygen atoms in total. The van der Waals surface area contributed by atoms with Gasteiger partial charge in [0.15, 0.2) is 5.75 Å². The SMILES string of the molecule is Cc1c(ON)c2c(=O)n(C3CC3)c(=O)n(-c3ccc(I)cc3F)c2n(C)c1=O. The van der Waals surface area contributed by atoms with Crippen LogP contribution >= 0.6 is 22.6 Å². The molecule has 4 rings (SSSR count). The highest BCUT2D eigenvalue weighted by Gasteiger charge is 2.32. The zero-order chi connectivity index (χ0) is 20.3. The fourth-order valence-electron chi connectivity index (χ4n) is 3.44. The smallest absolute Gasteiger partial charge is 0.337 e. The van der Waals surface area contributed by atoms with E-state index in [0.717, 1.165) is 13.7 Å². The molecule has 3 aromatic rings. The average Bonchev–Trinajstić information content (AvgIpc) is 3.47. The van der Waals surface area contributed by atoms with E-state index in [0.29, 0.717) is 16.4 Å². The molecular weight excluding hydrogens is 482 g/mol. The summed E-state index contributed by atoms with van der Waals surface area (Å²) in [5, 5.41) is -0.0356. The molecule has 146 valence electrons. The van der Waals surface area contributed by atoms with Crippen LogP contribution in [0.1, 0.15) is 24.4 Å². The van der Waals surface area contributed by atoms with Gasteiger partial charge in [-0.3, -0.25) is 18.7 Å². The number of fused-ring (bicyclic) bond motifs is 1. The Bertz CT molecular complexity index is 1320. The van der Waals surface area contributed by atoms with Gasteiger partial charge in [0.25, 0.3) is 11.1 Å². The molecule has 0 radical (unpaired) electrons. The topological polar surface area (TPSA) is 101 Å². The van der Waals surface area contributed by atoms with Crippen LogP contribution in [-0.2, 0) is 7.05 Å². The summed E-state index contributed by atoms with van der Waals surface area (Å²) in [5.41, 5.74) is -1.82. The molecule has 0 bridgehead atoms. The van der Waals surface area contributed by atoms with Crippen LogP contribution in [0.15, 0.2) is 32.6 Å². The molecule has 0 atom stereocenters. The summed E-state index contributed by atoms with van der Waals surface area (Å²) in [4.78, 5) is 43.9. The first-order valence-electron chi connectivity index (χ1n) is 8.51. The number of nitrogens with zero attached hydrogens (tertiary/aromatic N) is 3. The zero-order valence-corrected chi connectivity index (χ0v) is 17.2. The molecule has 0 unspecified atom stereocenters. The maximum Gasteiger partial charge on any atom is 0.337 e. The van der Waals surface area contributed by atoms with E-state index in [1.807, 2.05) is 22.6 Å². The molecule has 0 saturated heterocycles. The summed E-state index contributed by atoms with van der Waals surface area (Å²) in [6, 6.07) is 4.07. The van der Waals surface area contributed by atoms with E-state index in [1.165, 1.54) is 26.1 Å². The largest absolute Gasteiger partial charge is 0.410 e. The summed E-state index contributed by atoms with van der Waals surface area (Å²) in [7, 11) is 1.42. The maximum atomic E-state index is 14.8. The van der Waals surface area contributed by atoms with E-state index < -0.39 is 22.6 Å². The Balaban J connectivity index is 2.33. The van der Waals surface area contributed by atoms with Gasteiger partial charge >= 0.3 is 5.69 Å². The van der Waals surface area contributed by atoms with Gasteiger partial charge in [-0.1, -0.05) is 0 Å². The molecule has 2 N–H and O–H groups in total. The van der Waals surface area contributed by atoms with E-state index in [1.54, 1.807) is 6.07 Å². The van der Waals surface area contributed by atoms with Crippen molar-refractivity contribution in [3.05, 3.63) is 64.3 Å². The molecule has 0 amide bonds. The fourth-order valence-corrected chi connectivity index (χ4v) is 3.90. The van der Waals surface area contributed by atoms with Gasteiger partial charge in [0.2, 0.25) is 0 Å². The Labute approximate surface area is 171 Å². The van der Waals surface area contributed by atoms with Crippen LogP contribution < -0.4 is 27.5 Å². The van der Waals surface area contributed by atoms with Crippen LogP contribution in [0.3, 0.4) is 0 Å². The third-order valence-corrected chi connectivity index (χ3v) is 5.63. The number of hydrogen-bond acceptors (Lipinski definition) is 5. The first kappa shape index (κ1) is 18.9. The average molecular weight is 498 g/mol. The van der Waals surface area contributed by atoms with Crippen LogP contribution in [0.4, 0.5) is 4.39 Å². The van der Waals surface area contributed by atoms with Crippen LogP contribution in [0.5, 0.6) is 5.75 Å². The minimum atomic E-state index is -0.707. The lowest BCUT2D eigenvalue weighted by Crippen LogP contribution is -2.42. The molecule has 1 saturated carbocycles. The van der Waals surface area contributed by atoms with Crippen molar-refractivity contribution in [2.45, 2.75) is 25.8 Å². The lowest BCUT2D eigenvalue weighted by atomic mass is 10.2. The van der Waals surface area contributed by atoms with Crippen LogP contribution in [0.25, 0.3) is 16.7 Å². The number of benzene rings is 1. The second-order valence-corrected chi connectivity index (χ2v) is 8.00. The summed E-state index contributed by atoms with van der Waals surface area (Å²) < 4.78 is 18.7. The molecule has 1 aromatic carbocycles. The van der Waals surface area contributed by atoms with E-state index in [2.05, 4.69) is 0 Å². The van der Waals surface area contributed by atoms with Crippen molar-refractivity contribution in [2.24, 2.45) is 12.9 Å². The van der Waals surface area contributed by atoms with Gasteiger partial charge in [0, 0.05) is 16.7 Å². The van der Waals surface area contributed by atoms with Gasteiger partial charge < -0.3 is 4.84 Å². The monoisotopic (exact) mass is 498 g/mol. The van der Waals surface area contributed by atoms with E-state index >= 15 is 0 Å². The summed E-state index contributed by atoms with van der Waals surface area (Å²) in [5.74, 6) is 4.60. The Morgan fingerprint density at radius 3 is 2.46 bits per heavy atom. The van der Waals surface area contributed by atoms with Crippen LogP contribution in [0.2, 0.25) is 0 Å². The van der Waals surface area contributed by atoms with Gasteiger partial charge in [-0.2, -0.15) is 5.90 Å². The van der Waals surface area contributed by atoms with Crippen molar-refractivity contribution in [1.29, 1.82) is 0 Å². The first-order chi connectivity index (χ1) is 13.3. The quantitative estimate of drug-likeness (QED) is 0.436. The first-order valence-corrected chi connectivity index (χ1v) is 9.58. The Morgan fingerprint density at radius 1 is 1.21 bits per heavy atom. The minimum absolute atomic E-state index is 0.0356. The lowest BCUT2D eigenvalue weighted by Gasteiger charge is -2.19.